The molecule has 120 valence electrons. The molecular formula is C15H17F2NO4. The molecule has 1 unspecified atom stereocenters. The fourth-order valence-electron chi connectivity index (χ4n) is 2.53. The van der Waals surface area contributed by atoms with Crippen molar-refractivity contribution in [3.8, 4) is 0 Å². The summed E-state index contributed by atoms with van der Waals surface area (Å²) in [6, 6.07) is 1.79. The molecule has 1 aromatic rings. The summed E-state index contributed by atoms with van der Waals surface area (Å²) in [5.41, 5.74) is -2.21. The molecule has 5 nitrogen and oxygen atoms in total. The Balaban J connectivity index is 2.40. The van der Waals surface area contributed by atoms with E-state index in [4.69, 9.17) is 4.74 Å². The molecule has 0 spiro atoms. The Kier molecular flexibility index (Phi) is 3.85. The van der Waals surface area contributed by atoms with Gasteiger partial charge in [0.25, 0.3) is 0 Å². The van der Waals surface area contributed by atoms with Crippen LogP contribution in [-0.2, 0) is 21.5 Å². The average molecular weight is 313 g/mol. The van der Waals surface area contributed by atoms with Crippen molar-refractivity contribution in [2.45, 2.75) is 44.8 Å². The molecule has 0 saturated heterocycles. The summed E-state index contributed by atoms with van der Waals surface area (Å²) in [4.78, 5) is 23.6. The summed E-state index contributed by atoms with van der Waals surface area (Å²) in [5, 5.41) is 11.8. The van der Waals surface area contributed by atoms with E-state index in [1.165, 1.54) is 0 Å². The van der Waals surface area contributed by atoms with Gasteiger partial charge in [-0.1, -0.05) is 0 Å². The maximum Gasteiger partial charge on any atom is 0.408 e. The van der Waals surface area contributed by atoms with Gasteiger partial charge >= 0.3 is 12.1 Å². The fraction of sp³-hybridized carbons (Fsp3) is 0.467. The van der Waals surface area contributed by atoms with E-state index in [2.05, 4.69) is 5.32 Å². The number of amides is 1. The highest BCUT2D eigenvalue weighted by Gasteiger charge is 2.48. The number of benzene rings is 1. The van der Waals surface area contributed by atoms with Gasteiger partial charge < -0.3 is 15.2 Å². The van der Waals surface area contributed by atoms with Gasteiger partial charge in [0.2, 0.25) is 0 Å². The number of fused-ring (bicyclic) bond motifs is 1. The second-order valence-electron chi connectivity index (χ2n) is 6.26. The molecule has 2 N–H and O–H groups in total. The molecule has 0 saturated carbocycles. The highest BCUT2D eigenvalue weighted by atomic mass is 19.2. The zero-order valence-corrected chi connectivity index (χ0v) is 12.5. The normalized spacial score (nSPS) is 20.4. The lowest BCUT2D eigenvalue weighted by molar-refractivity contribution is -0.145. The molecule has 1 aliphatic rings. The van der Waals surface area contributed by atoms with Crippen LogP contribution in [0.3, 0.4) is 0 Å². The lowest BCUT2D eigenvalue weighted by atomic mass is 9.92. The van der Waals surface area contributed by atoms with Crippen LogP contribution >= 0.6 is 0 Å². The Morgan fingerprint density at radius 2 is 1.86 bits per heavy atom. The zero-order chi connectivity index (χ0) is 16.7. The van der Waals surface area contributed by atoms with Gasteiger partial charge in [-0.05, 0) is 56.9 Å². The van der Waals surface area contributed by atoms with Crippen LogP contribution in [-0.4, -0.2) is 22.8 Å². The number of aryl methyl sites for hydroxylation is 1. The molecule has 1 atom stereocenters. The number of hydrogen-bond acceptors (Lipinski definition) is 3. The number of ether oxygens (including phenoxy) is 1. The number of nitrogens with one attached hydrogen (secondary N) is 1. The van der Waals surface area contributed by atoms with Gasteiger partial charge in [0.1, 0.15) is 5.60 Å². The Morgan fingerprint density at radius 1 is 1.27 bits per heavy atom. The quantitative estimate of drug-likeness (QED) is 0.880. The van der Waals surface area contributed by atoms with E-state index in [-0.39, 0.29) is 18.4 Å². The maximum atomic E-state index is 13.5. The number of rotatable bonds is 2. The van der Waals surface area contributed by atoms with E-state index in [0.29, 0.717) is 5.56 Å². The van der Waals surface area contributed by atoms with Crippen molar-refractivity contribution in [2.24, 2.45) is 0 Å². The predicted octanol–water partition coefficient (Wildman–Crippen LogP) is 2.72. The molecule has 0 bridgehead atoms. The van der Waals surface area contributed by atoms with Crippen LogP contribution in [0.1, 0.15) is 38.3 Å². The summed E-state index contributed by atoms with van der Waals surface area (Å²) in [5.74, 6) is -3.54. The standard InChI is InChI=1S/C15H17F2NO4/c1-14(2,3)22-13(21)18-15(12(19)20)5-4-8-6-10(16)11(17)7-9(8)15/h6-7H,4-5H2,1-3H3,(H,18,21)(H,19,20). The third-order valence-corrected chi connectivity index (χ3v) is 3.45. The maximum absolute atomic E-state index is 13.5. The highest BCUT2D eigenvalue weighted by molar-refractivity contribution is 5.87. The van der Waals surface area contributed by atoms with Gasteiger partial charge in [-0.25, -0.2) is 18.4 Å². The van der Waals surface area contributed by atoms with Gasteiger partial charge in [0, 0.05) is 0 Å². The first-order chi connectivity index (χ1) is 10.0. The smallest absolute Gasteiger partial charge is 0.408 e. The van der Waals surface area contributed by atoms with Crippen LogP contribution in [0.5, 0.6) is 0 Å². The Hall–Kier alpha value is -2.18. The van der Waals surface area contributed by atoms with E-state index in [1.54, 1.807) is 20.8 Å². The molecule has 0 aromatic heterocycles. The van der Waals surface area contributed by atoms with E-state index in [0.717, 1.165) is 12.1 Å². The van der Waals surface area contributed by atoms with Crippen molar-refractivity contribution in [3.63, 3.8) is 0 Å². The molecule has 22 heavy (non-hydrogen) atoms. The van der Waals surface area contributed by atoms with E-state index in [9.17, 15) is 23.5 Å². The van der Waals surface area contributed by atoms with Gasteiger partial charge in [0.05, 0.1) is 0 Å². The first kappa shape index (κ1) is 16.2. The Labute approximate surface area is 126 Å². The third kappa shape index (κ3) is 2.88. The lowest BCUT2D eigenvalue weighted by Gasteiger charge is -2.29. The number of alkyl carbamates (subject to hydrolysis) is 1. The first-order valence-corrected chi connectivity index (χ1v) is 6.78. The van der Waals surface area contributed by atoms with Crippen LogP contribution in [0.15, 0.2) is 12.1 Å². The Bertz CT molecular complexity index is 639. The van der Waals surface area contributed by atoms with Crippen LogP contribution in [0.2, 0.25) is 0 Å². The molecule has 0 fully saturated rings. The van der Waals surface area contributed by atoms with Gasteiger partial charge in [-0.3, -0.25) is 0 Å². The minimum Gasteiger partial charge on any atom is -0.479 e. The molecule has 1 aliphatic carbocycles. The summed E-state index contributed by atoms with van der Waals surface area (Å²) in [6.07, 6.45) is -0.707. The first-order valence-electron chi connectivity index (χ1n) is 6.78. The molecule has 2 rings (SSSR count). The molecule has 0 heterocycles. The predicted molar refractivity (Wildman–Crippen MR) is 73.4 cm³/mol. The number of hydrogen-bond donors (Lipinski definition) is 2. The van der Waals surface area contributed by atoms with Crippen LogP contribution in [0.4, 0.5) is 13.6 Å². The van der Waals surface area contributed by atoms with Gasteiger partial charge in [0.15, 0.2) is 17.2 Å². The summed E-state index contributed by atoms with van der Waals surface area (Å²) in [7, 11) is 0. The second-order valence-corrected chi connectivity index (χ2v) is 6.26. The van der Waals surface area contributed by atoms with Crippen molar-refractivity contribution >= 4 is 12.1 Å². The number of carboxylic acids is 1. The molecule has 0 radical (unpaired) electrons. The van der Waals surface area contributed by atoms with Crippen LogP contribution in [0.25, 0.3) is 0 Å². The molecule has 1 aromatic carbocycles. The minimum absolute atomic E-state index is 0.000196. The van der Waals surface area contributed by atoms with Crippen molar-refractivity contribution in [2.75, 3.05) is 0 Å². The number of aliphatic carboxylic acids is 1. The lowest BCUT2D eigenvalue weighted by Crippen LogP contribution is -2.51. The Morgan fingerprint density at radius 3 is 2.41 bits per heavy atom. The average Bonchev–Trinajstić information content (AvgIpc) is 2.67. The SMILES string of the molecule is CC(C)(C)OC(=O)NC1(C(=O)O)CCc2cc(F)c(F)cc21. The summed E-state index contributed by atoms with van der Waals surface area (Å²) in [6.45, 7) is 4.91. The molecular weight excluding hydrogens is 296 g/mol. The van der Waals surface area contributed by atoms with Crippen molar-refractivity contribution < 1.29 is 28.2 Å². The van der Waals surface area contributed by atoms with E-state index < -0.39 is 34.8 Å². The van der Waals surface area contributed by atoms with E-state index >= 15 is 0 Å². The summed E-state index contributed by atoms with van der Waals surface area (Å²) >= 11 is 0. The molecule has 7 heteroatoms. The van der Waals surface area contributed by atoms with Gasteiger partial charge in [-0.2, -0.15) is 0 Å². The number of carbonyl (C=O) groups excluding carboxylic acids is 1. The number of halogens is 2. The van der Waals surface area contributed by atoms with Crippen molar-refractivity contribution in [3.05, 3.63) is 34.9 Å². The van der Waals surface area contributed by atoms with Crippen LogP contribution in [0, 0.1) is 11.6 Å². The second kappa shape index (κ2) is 5.23. The third-order valence-electron chi connectivity index (χ3n) is 3.45. The monoisotopic (exact) mass is 313 g/mol. The largest absolute Gasteiger partial charge is 0.479 e. The highest BCUT2D eigenvalue weighted by Crippen LogP contribution is 2.38. The molecule has 1 amide bonds. The number of carbonyl (C=O) groups is 2. The topological polar surface area (TPSA) is 75.6 Å². The van der Waals surface area contributed by atoms with Crippen molar-refractivity contribution in [1.29, 1.82) is 0 Å². The minimum atomic E-state index is -1.81. The number of carboxylic acid groups (broad SMARTS) is 1. The summed E-state index contributed by atoms with van der Waals surface area (Å²) < 4.78 is 31.8. The van der Waals surface area contributed by atoms with Gasteiger partial charge in [-0.15, -0.1) is 0 Å². The fourth-order valence-corrected chi connectivity index (χ4v) is 2.53. The zero-order valence-electron chi connectivity index (χ0n) is 12.5. The molecule has 0 aliphatic heterocycles. The van der Waals surface area contributed by atoms with Crippen molar-refractivity contribution in [1.82, 2.24) is 5.32 Å². The van der Waals surface area contributed by atoms with E-state index in [1.807, 2.05) is 0 Å². The van der Waals surface area contributed by atoms with Crippen LogP contribution < -0.4 is 5.32 Å².